The number of imidazole rings is 1. The fraction of sp³-hybridized carbons (Fsp3) is 0.240. The van der Waals surface area contributed by atoms with Crippen LogP contribution in [0.25, 0.3) is 22.4 Å². The molecule has 0 aliphatic rings. The molecule has 1 atom stereocenters. The van der Waals surface area contributed by atoms with Crippen molar-refractivity contribution < 1.29 is 9.84 Å². The van der Waals surface area contributed by atoms with Gasteiger partial charge in [0, 0.05) is 11.8 Å². The van der Waals surface area contributed by atoms with Gasteiger partial charge in [-0.1, -0.05) is 30.3 Å². The monoisotopic (exact) mass is 445 g/mol. The van der Waals surface area contributed by atoms with Gasteiger partial charge < -0.3 is 25.1 Å². The molecule has 0 aliphatic heterocycles. The molecule has 170 valence electrons. The molecule has 0 bridgehead atoms. The Morgan fingerprint density at radius 2 is 2.03 bits per heavy atom. The fourth-order valence-electron chi connectivity index (χ4n) is 3.88. The summed E-state index contributed by atoms with van der Waals surface area (Å²) in [5.41, 5.74) is 4.66. The molecule has 5 N–H and O–H groups in total. The molecular weight excluding hydrogens is 418 g/mol. The molecule has 4 rings (SSSR count). The number of nitrogens with zero attached hydrogens (tertiary/aromatic N) is 1. The van der Waals surface area contributed by atoms with Crippen molar-refractivity contribution in [3.05, 3.63) is 81.8 Å². The quantitative estimate of drug-likeness (QED) is 0.209. The first-order valence-electron chi connectivity index (χ1n) is 10.9. The van der Waals surface area contributed by atoms with Crippen LogP contribution >= 0.6 is 0 Å². The van der Waals surface area contributed by atoms with Gasteiger partial charge in [0.25, 0.3) is 5.56 Å². The van der Waals surface area contributed by atoms with Crippen molar-refractivity contribution in [1.82, 2.24) is 15.0 Å². The Morgan fingerprint density at radius 3 is 2.76 bits per heavy atom. The Bertz CT molecular complexity index is 1330. The Morgan fingerprint density at radius 1 is 1.24 bits per heavy atom. The topological polar surface area (TPSA) is 127 Å². The van der Waals surface area contributed by atoms with Crippen molar-refractivity contribution >= 4 is 22.6 Å². The summed E-state index contributed by atoms with van der Waals surface area (Å²) in [4.78, 5) is 23.4. The number of rotatable bonds is 8. The molecule has 8 nitrogen and oxygen atoms in total. The van der Waals surface area contributed by atoms with Crippen LogP contribution in [0.3, 0.4) is 0 Å². The molecule has 8 heteroatoms. The van der Waals surface area contributed by atoms with E-state index >= 15 is 0 Å². The number of pyridine rings is 1. The molecular formula is C25H27N5O3. The van der Waals surface area contributed by atoms with E-state index < -0.39 is 0 Å². The van der Waals surface area contributed by atoms with Gasteiger partial charge in [0.1, 0.15) is 11.4 Å². The van der Waals surface area contributed by atoms with Crippen molar-refractivity contribution in [2.24, 2.45) is 0 Å². The van der Waals surface area contributed by atoms with Crippen LogP contribution in [0.1, 0.15) is 23.6 Å². The highest BCUT2D eigenvalue weighted by atomic mass is 16.5. The number of aryl methyl sites for hydroxylation is 1. The van der Waals surface area contributed by atoms with Crippen LogP contribution in [0, 0.1) is 12.3 Å². The molecule has 0 aliphatic carbocycles. The first-order valence-corrected chi connectivity index (χ1v) is 10.9. The van der Waals surface area contributed by atoms with E-state index in [1.54, 1.807) is 18.3 Å². The van der Waals surface area contributed by atoms with E-state index in [0.29, 0.717) is 41.2 Å². The number of benzene rings is 2. The highest BCUT2D eigenvalue weighted by Crippen LogP contribution is 2.27. The molecule has 0 amide bonds. The predicted octanol–water partition coefficient (Wildman–Crippen LogP) is 3.60. The third-order valence-electron chi connectivity index (χ3n) is 5.43. The van der Waals surface area contributed by atoms with Crippen molar-refractivity contribution in [3.63, 3.8) is 0 Å². The third kappa shape index (κ3) is 4.80. The summed E-state index contributed by atoms with van der Waals surface area (Å²) in [6.07, 6.45) is 2.17. The summed E-state index contributed by atoms with van der Waals surface area (Å²) < 4.78 is 5.33. The summed E-state index contributed by atoms with van der Waals surface area (Å²) in [6.45, 7) is 4.06. The fourth-order valence-corrected chi connectivity index (χ4v) is 3.88. The number of aliphatic hydroxyl groups is 1. The highest BCUT2D eigenvalue weighted by Gasteiger charge is 2.19. The average molecular weight is 446 g/mol. The number of aromatic nitrogens is 3. The van der Waals surface area contributed by atoms with Crippen LogP contribution in [-0.4, -0.2) is 45.2 Å². The first kappa shape index (κ1) is 22.3. The standard InChI is InChI=1S/C25H27N5O3/c1-3-33-23(26)17-11-15(2)22-20(13-17)29-24(30-22)21-19(9-10-27-25(21)32)28-18(14-31)12-16-7-5-4-6-8-16/h4-11,13,18,26,31H,3,12,14H2,1-2H3,(H,29,30)(H2,27,28,32)/t18-/m0/s1. The zero-order chi connectivity index (χ0) is 23.4. The minimum absolute atomic E-state index is 0.0882. The van der Waals surface area contributed by atoms with Gasteiger partial charge in [0.15, 0.2) is 0 Å². The minimum atomic E-state index is -0.296. The number of aromatic amines is 2. The molecule has 33 heavy (non-hydrogen) atoms. The van der Waals surface area contributed by atoms with E-state index in [4.69, 9.17) is 10.1 Å². The summed E-state index contributed by atoms with van der Waals surface area (Å²) in [7, 11) is 0. The van der Waals surface area contributed by atoms with E-state index in [1.807, 2.05) is 50.2 Å². The lowest BCUT2D eigenvalue weighted by molar-refractivity contribution is 0.274. The van der Waals surface area contributed by atoms with E-state index in [-0.39, 0.29) is 24.1 Å². The van der Waals surface area contributed by atoms with Gasteiger partial charge in [-0.3, -0.25) is 10.2 Å². The smallest absolute Gasteiger partial charge is 0.261 e. The van der Waals surface area contributed by atoms with Crippen LogP contribution in [0.15, 0.2) is 59.5 Å². The maximum absolute atomic E-state index is 12.8. The summed E-state index contributed by atoms with van der Waals surface area (Å²) >= 11 is 0. The molecule has 0 saturated heterocycles. The highest BCUT2D eigenvalue weighted by molar-refractivity contribution is 5.97. The van der Waals surface area contributed by atoms with Gasteiger partial charge >= 0.3 is 0 Å². The Labute approximate surface area is 191 Å². The molecule has 0 radical (unpaired) electrons. The Balaban J connectivity index is 1.71. The lowest BCUT2D eigenvalue weighted by Crippen LogP contribution is -2.28. The molecule has 4 aromatic rings. The van der Waals surface area contributed by atoms with Gasteiger partial charge in [0.05, 0.1) is 36.0 Å². The SMILES string of the molecule is CCOC(=N)c1cc(C)c2nc(-c3c(N[C@H](CO)Cc4ccccc4)cc[nH]c3=O)[nH]c2c1. The second-order valence-electron chi connectivity index (χ2n) is 7.85. The van der Waals surface area contributed by atoms with Gasteiger partial charge in [-0.25, -0.2) is 4.98 Å². The number of hydrogen-bond donors (Lipinski definition) is 5. The number of H-pyrrole nitrogens is 2. The van der Waals surface area contributed by atoms with Gasteiger partial charge in [-0.15, -0.1) is 0 Å². The Hall–Kier alpha value is -3.91. The van der Waals surface area contributed by atoms with Crippen molar-refractivity contribution in [1.29, 1.82) is 5.41 Å². The van der Waals surface area contributed by atoms with Crippen LogP contribution < -0.4 is 10.9 Å². The maximum atomic E-state index is 12.8. The lowest BCUT2D eigenvalue weighted by atomic mass is 10.1. The Kier molecular flexibility index (Phi) is 6.55. The number of aliphatic hydroxyl groups excluding tert-OH is 1. The van der Waals surface area contributed by atoms with Crippen molar-refractivity contribution in [3.8, 4) is 11.4 Å². The van der Waals surface area contributed by atoms with Crippen LogP contribution in [0.4, 0.5) is 5.69 Å². The average Bonchev–Trinajstić information content (AvgIpc) is 3.24. The number of ether oxygens (including phenoxy) is 1. The molecule has 2 aromatic heterocycles. The van der Waals surface area contributed by atoms with Crippen LogP contribution in [0.2, 0.25) is 0 Å². The number of fused-ring (bicyclic) bond motifs is 1. The molecule has 2 aromatic carbocycles. The number of hydrogen-bond acceptors (Lipinski definition) is 6. The van der Waals surface area contributed by atoms with Crippen LogP contribution in [0.5, 0.6) is 0 Å². The van der Waals surface area contributed by atoms with E-state index in [1.165, 1.54) is 0 Å². The molecule has 0 saturated carbocycles. The summed E-state index contributed by atoms with van der Waals surface area (Å²) in [5.74, 6) is 0.499. The van der Waals surface area contributed by atoms with E-state index in [2.05, 4.69) is 20.3 Å². The zero-order valence-corrected chi connectivity index (χ0v) is 18.6. The first-order chi connectivity index (χ1) is 16.0. The minimum Gasteiger partial charge on any atom is -0.478 e. The van der Waals surface area contributed by atoms with Crippen molar-refractivity contribution in [2.75, 3.05) is 18.5 Å². The van der Waals surface area contributed by atoms with Gasteiger partial charge in [-0.2, -0.15) is 0 Å². The third-order valence-corrected chi connectivity index (χ3v) is 5.43. The maximum Gasteiger partial charge on any atom is 0.261 e. The lowest BCUT2D eigenvalue weighted by Gasteiger charge is -2.19. The number of nitrogens with one attached hydrogen (secondary N) is 4. The molecule has 0 fully saturated rings. The van der Waals surface area contributed by atoms with E-state index in [9.17, 15) is 9.90 Å². The number of anilines is 1. The van der Waals surface area contributed by atoms with E-state index in [0.717, 1.165) is 16.6 Å². The molecule has 0 spiro atoms. The normalized spacial score (nSPS) is 12.0. The van der Waals surface area contributed by atoms with Gasteiger partial charge in [0.2, 0.25) is 5.90 Å². The summed E-state index contributed by atoms with van der Waals surface area (Å²) in [5, 5.41) is 21.3. The second-order valence-corrected chi connectivity index (χ2v) is 7.85. The predicted molar refractivity (Wildman–Crippen MR) is 130 cm³/mol. The van der Waals surface area contributed by atoms with Crippen molar-refractivity contribution in [2.45, 2.75) is 26.3 Å². The van der Waals surface area contributed by atoms with Gasteiger partial charge in [-0.05, 0) is 49.6 Å². The zero-order valence-electron chi connectivity index (χ0n) is 18.6. The molecule has 2 heterocycles. The van der Waals surface area contributed by atoms with Crippen LogP contribution in [-0.2, 0) is 11.2 Å². The summed E-state index contributed by atoms with van der Waals surface area (Å²) in [6, 6.07) is 15.0. The molecule has 0 unspecified atom stereocenters. The largest absolute Gasteiger partial charge is 0.478 e. The second kappa shape index (κ2) is 9.70.